The number of ketones is 4. The quantitative estimate of drug-likeness (QED) is 0.196. The predicted molar refractivity (Wildman–Crippen MR) is 167 cm³/mol. The number of nitrogens with one attached hydrogen (secondary N) is 3. The van der Waals surface area contributed by atoms with E-state index < -0.39 is 105 Å². The summed E-state index contributed by atoms with van der Waals surface area (Å²) in [6, 6.07) is 0.639. The number of hydrogen-bond donors (Lipinski definition) is 6. The van der Waals surface area contributed by atoms with Crippen LogP contribution in [0.5, 0.6) is 5.75 Å². The number of aliphatic hydroxyl groups is 1. The highest BCUT2D eigenvalue weighted by Crippen LogP contribution is 2.56. The third-order valence-electron chi connectivity index (χ3n) is 8.92. The fourth-order valence-electron chi connectivity index (χ4n) is 7.21. The van der Waals surface area contributed by atoms with Gasteiger partial charge in [-0.05, 0) is 73.2 Å². The first kappa shape index (κ1) is 35.5. The number of anilines is 1. The lowest BCUT2D eigenvalue weighted by atomic mass is 9.49. The third kappa shape index (κ3) is 5.86. The average molecular weight is 658 g/mol. The van der Waals surface area contributed by atoms with Gasteiger partial charge in [0.05, 0.1) is 35.2 Å². The summed E-state index contributed by atoms with van der Waals surface area (Å²) in [6.07, 6.45) is -3.07. The molecule has 256 valence electrons. The largest absolute Gasteiger partial charge is 0.505 e. The van der Waals surface area contributed by atoms with E-state index in [4.69, 9.17) is 10.5 Å². The minimum Gasteiger partial charge on any atom is -0.505 e. The van der Waals surface area contributed by atoms with Gasteiger partial charge in [-0.15, -0.1) is 0 Å². The van der Waals surface area contributed by atoms with Crippen molar-refractivity contribution in [1.29, 1.82) is 0 Å². The van der Waals surface area contributed by atoms with E-state index in [9.17, 15) is 43.8 Å². The summed E-state index contributed by atoms with van der Waals surface area (Å²) < 4.78 is 5.66. The van der Waals surface area contributed by atoms with E-state index in [0.717, 1.165) is 0 Å². The van der Waals surface area contributed by atoms with E-state index in [1.165, 1.54) is 31.1 Å². The van der Waals surface area contributed by atoms with E-state index in [0.29, 0.717) is 0 Å². The molecule has 7 N–H and O–H groups in total. The Labute approximate surface area is 271 Å². The molecular weight excluding hydrogens is 614 g/mol. The molecule has 8 atom stereocenters. The number of Topliss-reactive ketones (excluding diaryl/α,β-unsaturated/α-hetero) is 4. The zero-order valence-corrected chi connectivity index (χ0v) is 27.9. The molecule has 0 radical (unpaired) electrons. The Morgan fingerprint density at radius 1 is 0.957 bits per heavy atom. The number of amides is 4. The molecule has 47 heavy (non-hydrogen) atoms. The number of alkyl carbamates (subject to hydrolysis) is 1. The van der Waals surface area contributed by atoms with Crippen LogP contribution in [0.25, 0.3) is 0 Å². The van der Waals surface area contributed by atoms with Crippen molar-refractivity contribution in [2.45, 2.75) is 83.2 Å². The number of fused-ring (bicyclic) bond motifs is 3. The Morgan fingerprint density at radius 2 is 1.53 bits per heavy atom. The van der Waals surface area contributed by atoms with Crippen molar-refractivity contribution in [2.24, 2.45) is 29.4 Å². The van der Waals surface area contributed by atoms with E-state index in [-0.39, 0.29) is 16.8 Å². The second kappa shape index (κ2) is 11.7. The molecule has 0 saturated heterocycles. The van der Waals surface area contributed by atoms with E-state index in [1.807, 2.05) is 0 Å². The minimum atomic E-state index is -3.00. The van der Waals surface area contributed by atoms with Gasteiger partial charge in [-0.3, -0.25) is 28.9 Å². The fourth-order valence-corrected chi connectivity index (χ4v) is 7.21. The number of ether oxygens (including phenoxy) is 1. The monoisotopic (exact) mass is 657 g/mol. The van der Waals surface area contributed by atoms with Gasteiger partial charge in [-0.2, -0.15) is 0 Å². The molecular formula is C32H43N5O10. The Morgan fingerprint density at radius 3 is 2.04 bits per heavy atom. The molecule has 3 aliphatic carbocycles. The number of benzene rings is 1. The van der Waals surface area contributed by atoms with Crippen LogP contribution in [0.4, 0.5) is 15.3 Å². The third-order valence-corrected chi connectivity index (χ3v) is 8.92. The average Bonchev–Trinajstić information content (AvgIpc) is 2.89. The number of aromatic hydroxyl groups is 1. The van der Waals surface area contributed by atoms with Gasteiger partial charge in [-0.1, -0.05) is 13.0 Å². The van der Waals surface area contributed by atoms with Crippen molar-refractivity contribution in [3.05, 3.63) is 23.3 Å². The predicted octanol–water partition coefficient (Wildman–Crippen LogP) is 0.851. The topological polar surface area (TPSA) is 235 Å². The summed E-state index contributed by atoms with van der Waals surface area (Å²) in [6.45, 7) is 11.6. The van der Waals surface area contributed by atoms with Crippen LogP contribution in [0, 0.1) is 23.7 Å². The molecule has 1 aromatic rings. The summed E-state index contributed by atoms with van der Waals surface area (Å²) in [7, 11) is 2.85. The number of nitrogens with two attached hydrogens (primary N) is 1. The lowest BCUT2D eigenvalue weighted by molar-refractivity contribution is -0.197. The molecule has 2 fully saturated rings. The lowest BCUT2D eigenvalue weighted by Gasteiger charge is -2.56. The Hall–Kier alpha value is -4.37. The number of hydrogen-bond acceptors (Lipinski definition) is 11. The zero-order valence-electron chi connectivity index (χ0n) is 27.9. The summed E-state index contributed by atoms with van der Waals surface area (Å²) in [4.78, 5) is 96.8. The molecule has 1 aromatic carbocycles. The van der Waals surface area contributed by atoms with Crippen LogP contribution in [-0.2, 0) is 23.9 Å². The maximum atomic E-state index is 14.8. The highest BCUT2D eigenvalue weighted by molar-refractivity contribution is 6.33. The maximum Gasteiger partial charge on any atom is 0.409 e. The molecule has 2 unspecified atom stereocenters. The van der Waals surface area contributed by atoms with Crippen molar-refractivity contribution in [2.75, 3.05) is 19.4 Å². The normalized spacial score (nSPS) is 30.6. The Kier molecular flexibility index (Phi) is 8.84. The smallest absolute Gasteiger partial charge is 0.409 e. The van der Waals surface area contributed by atoms with Gasteiger partial charge in [0.25, 0.3) is 0 Å². The molecule has 0 heterocycles. The molecule has 3 aliphatic rings. The number of nitrogens with zero attached hydrogens (tertiary/aromatic N) is 1. The van der Waals surface area contributed by atoms with E-state index >= 15 is 0 Å². The summed E-state index contributed by atoms with van der Waals surface area (Å²) in [5.41, 5.74) is 0.672. The number of phenols is 1. The molecule has 4 amide bonds. The van der Waals surface area contributed by atoms with Gasteiger partial charge in [0.15, 0.2) is 23.3 Å². The fraction of sp³-hybridized carbons (Fsp3) is 0.594. The number of aliphatic hydroxyl groups excluding tert-OH is 1. The summed E-state index contributed by atoms with van der Waals surface area (Å²) in [5, 5.41) is 31.0. The first-order chi connectivity index (χ1) is 21.5. The van der Waals surface area contributed by atoms with Crippen LogP contribution in [0.1, 0.15) is 70.3 Å². The molecule has 15 nitrogen and oxygen atoms in total. The highest BCUT2D eigenvalue weighted by atomic mass is 16.6. The van der Waals surface area contributed by atoms with Crippen molar-refractivity contribution in [3.63, 3.8) is 0 Å². The standard InChI is InChI=1S/C32H43N5O10/c1-12-13-10-11-14(34-28(45)35-30(2,3)4)21(38)16(13)22(39)17-15(12)23(40)19-20(37(8)9)24(41)18(27(33)44)26(43)32(19,25(17)42)47-29(46)36-31(5,6)7/h10-12,15,17-20,23,38,40H,1-9H3,(H2,33,44)(H,36,46)(H2,34,35,45)/t12-,15+,17?,18?,19+,20-,23-,32+/m1/s1. The van der Waals surface area contributed by atoms with Crippen LogP contribution >= 0.6 is 0 Å². The van der Waals surface area contributed by atoms with E-state index in [2.05, 4.69) is 16.0 Å². The van der Waals surface area contributed by atoms with Crippen LogP contribution in [-0.4, -0.2) is 99.2 Å². The SMILES string of the molecule is C[C@@H]1c2ccc(NC(=O)NC(C)(C)C)c(O)c2C(=O)C2C(=O)[C@]3(OC(=O)NC(C)(C)C)C(=O)C(C(N)=O)C(=O)[C@H](N(C)C)[C@H]3[C@H](O)[C@H]21. The van der Waals surface area contributed by atoms with Gasteiger partial charge in [0, 0.05) is 17.0 Å². The van der Waals surface area contributed by atoms with Gasteiger partial charge >= 0.3 is 12.1 Å². The molecule has 15 heteroatoms. The van der Waals surface area contributed by atoms with Crippen LogP contribution in [0.15, 0.2) is 12.1 Å². The maximum absolute atomic E-state index is 14.8. The molecule has 0 aliphatic heterocycles. The second-order valence-corrected chi connectivity index (χ2v) is 14.9. The summed E-state index contributed by atoms with van der Waals surface area (Å²) in [5.74, 6) is -14.7. The molecule has 0 bridgehead atoms. The lowest BCUT2D eigenvalue weighted by Crippen LogP contribution is -2.79. The Bertz CT molecular complexity index is 1570. The first-order valence-electron chi connectivity index (χ1n) is 15.2. The van der Waals surface area contributed by atoms with Gasteiger partial charge in [0.2, 0.25) is 17.3 Å². The van der Waals surface area contributed by atoms with Crippen molar-refractivity contribution < 1.29 is 48.5 Å². The van der Waals surface area contributed by atoms with Crippen LogP contribution < -0.4 is 21.7 Å². The Balaban J connectivity index is 1.94. The zero-order chi connectivity index (χ0) is 35.7. The molecule has 4 rings (SSSR count). The van der Waals surface area contributed by atoms with Gasteiger partial charge in [-0.25, -0.2) is 9.59 Å². The molecule has 0 aromatic heterocycles. The number of primary amides is 1. The number of urea groups is 1. The number of carbonyl (C=O) groups is 7. The molecule has 2 saturated carbocycles. The molecule has 0 spiro atoms. The van der Waals surface area contributed by atoms with Gasteiger partial charge < -0.3 is 36.6 Å². The number of likely N-dealkylation sites (N-methyl/N-ethyl adjacent to an activating group) is 1. The van der Waals surface area contributed by atoms with Crippen LogP contribution in [0.3, 0.4) is 0 Å². The number of rotatable bonds is 4. The van der Waals surface area contributed by atoms with Crippen molar-refractivity contribution in [3.8, 4) is 5.75 Å². The van der Waals surface area contributed by atoms with Crippen LogP contribution in [0.2, 0.25) is 0 Å². The number of phenolic OH excluding ortho intramolecular Hbond substituents is 1. The first-order valence-corrected chi connectivity index (χ1v) is 15.2. The van der Waals surface area contributed by atoms with Gasteiger partial charge in [0.1, 0.15) is 5.75 Å². The van der Waals surface area contributed by atoms with E-state index in [1.54, 1.807) is 48.5 Å². The number of carbonyl (C=O) groups excluding carboxylic acids is 7. The van der Waals surface area contributed by atoms with Crippen molar-refractivity contribution >= 4 is 46.9 Å². The minimum absolute atomic E-state index is 0.150. The highest BCUT2D eigenvalue weighted by Gasteiger charge is 2.75. The summed E-state index contributed by atoms with van der Waals surface area (Å²) >= 11 is 0. The second-order valence-electron chi connectivity index (χ2n) is 14.9. The van der Waals surface area contributed by atoms with Crippen molar-refractivity contribution in [1.82, 2.24) is 15.5 Å².